The zero-order valence-electron chi connectivity index (χ0n) is 10.5. The van der Waals surface area contributed by atoms with Crippen LogP contribution in [0.15, 0.2) is 24.3 Å². The first-order chi connectivity index (χ1) is 8.63. The molecule has 0 bridgehead atoms. The Hall–Kier alpha value is -1.91. The summed E-state index contributed by atoms with van der Waals surface area (Å²) in [4.78, 5) is 21.5. The first kappa shape index (κ1) is 14.2. The topological polar surface area (TPSA) is 72.2 Å². The van der Waals surface area contributed by atoms with Gasteiger partial charge in [-0.2, -0.15) is 0 Å². The van der Waals surface area contributed by atoms with Crippen LogP contribution < -0.4 is 5.32 Å². The molecule has 1 aromatic carbocycles. The van der Waals surface area contributed by atoms with E-state index in [9.17, 15) is 14.9 Å². The molecule has 18 heavy (non-hydrogen) atoms. The summed E-state index contributed by atoms with van der Waals surface area (Å²) in [6.07, 6.45) is 4.72. The number of nitro benzene ring substituents is 1. The maximum atomic E-state index is 11.5. The number of carbonyl (C=O) groups is 1. The second-order valence-electron chi connectivity index (χ2n) is 4.16. The van der Waals surface area contributed by atoms with Crippen molar-refractivity contribution in [2.45, 2.75) is 39.0 Å². The Labute approximate surface area is 106 Å². The number of rotatable bonds is 7. The lowest BCUT2D eigenvalue weighted by Crippen LogP contribution is -2.10. The standard InChI is InChI=1S/C13H18N2O3/c1-2-3-4-5-6-13(16)14-11-7-9-12(10-8-11)15(17)18/h7-10H,2-6H2,1H3,(H,14,16). The lowest BCUT2D eigenvalue weighted by molar-refractivity contribution is -0.384. The second-order valence-corrected chi connectivity index (χ2v) is 4.16. The van der Waals surface area contributed by atoms with Crippen molar-refractivity contribution in [2.24, 2.45) is 0 Å². The van der Waals surface area contributed by atoms with Crippen LogP contribution in [-0.4, -0.2) is 10.8 Å². The monoisotopic (exact) mass is 250 g/mol. The molecule has 0 spiro atoms. The van der Waals surface area contributed by atoms with Crippen LogP contribution in [0, 0.1) is 10.1 Å². The highest BCUT2D eigenvalue weighted by molar-refractivity contribution is 5.90. The van der Waals surface area contributed by atoms with Crippen LogP contribution in [0.3, 0.4) is 0 Å². The molecule has 98 valence electrons. The van der Waals surface area contributed by atoms with Gasteiger partial charge in [0.15, 0.2) is 0 Å². The van der Waals surface area contributed by atoms with E-state index in [-0.39, 0.29) is 11.6 Å². The summed E-state index contributed by atoms with van der Waals surface area (Å²) in [5.41, 5.74) is 0.622. The Kier molecular flexibility index (Phi) is 5.84. The summed E-state index contributed by atoms with van der Waals surface area (Å²) < 4.78 is 0. The summed E-state index contributed by atoms with van der Waals surface area (Å²) in [6.45, 7) is 2.12. The lowest BCUT2D eigenvalue weighted by Gasteiger charge is -2.04. The Balaban J connectivity index is 2.37. The first-order valence-electron chi connectivity index (χ1n) is 6.17. The average Bonchev–Trinajstić information content (AvgIpc) is 2.35. The fourth-order valence-corrected chi connectivity index (χ4v) is 1.60. The maximum absolute atomic E-state index is 11.5. The molecule has 5 nitrogen and oxygen atoms in total. The molecule has 5 heteroatoms. The van der Waals surface area contributed by atoms with Crippen molar-refractivity contribution in [3.8, 4) is 0 Å². The van der Waals surface area contributed by atoms with Crippen molar-refractivity contribution < 1.29 is 9.72 Å². The molecule has 0 unspecified atom stereocenters. The van der Waals surface area contributed by atoms with Gasteiger partial charge < -0.3 is 5.32 Å². The van der Waals surface area contributed by atoms with Crippen molar-refractivity contribution in [1.82, 2.24) is 0 Å². The molecule has 0 saturated carbocycles. The van der Waals surface area contributed by atoms with Crippen molar-refractivity contribution in [2.75, 3.05) is 5.32 Å². The molecule has 0 radical (unpaired) electrons. The highest BCUT2D eigenvalue weighted by Gasteiger charge is 2.06. The van der Waals surface area contributed by atoms with E-state index >= 15 is 0 Å². The number of anilines is 1. The average molecular weight is 250 g/mol. The maximum Gasteiger partial charge on any atom is 0.269 e. The molecule has 0 saturated heterocycles. The first-order valence-corrected chi connectivity index (χ1v) is 6.17. The Bertz CT molecular complexity index is 401. The Morgan fingerprint density at radius 2 is 1.89 bits per heavy atom. The largest absolute Gasteiger partial charge is 0.326 e. The zero-order valence-corrected chi connectivity index (χ0v) is 10.5. The summed E-state index contributed by atoms with van der Waals surface area (Å²) in [5, 5.41) is 13.2. The van der Waals surface area contributed by atoms with Gasteiger partial charge in [0.2, 0.25) is 5.91 Å². The van der Waals surface area contributed by atoms with Crippen molar-refractivity contribution >= 4 is 17.3 Å². The quantitative estimate of drug-likeness (QED) is 0.457. The number of nitrogens with zero attached hydrogens (tertiary/aromatic N) is 1. The number of non-ortho nitro benzene ring substituents is 1. The molecule has 0 aliphatic rings. The molecule has 1 rings (SSSR count). The van der Waals surface area contributed by atoms with Gasteiger partial charge in [0.1, 0.15) is 0 Å². The van der Waals surface area contributed by atoms with Crippen LogP contribution in [0.4, 0.5) is 11.4 Å². The molecule has 1 aromatic rings. The van der Waals surface area contributed by atoms with Gasteiger partial charge in [-0.3, -0.25) is 14.9 Å². The number of benzene rings is 1. The lowest BCUT2D eigenvalue weighted by atomic mass is 10.1. The molecule has 0 aromatic heterocycles. The van der Waals surface area contributed by atoms with Gasteiger partial charge in [0, 0.05) is 24.2 Å². The highest BCUT2D eigenvalue weighted by Crippen LogP contribution is 2.15. The van der Waals surface area contributed by atoms with Gasteiger partial charge in [0.05, 0.1) is 4.92 Å². The van der Waals surface area contributed by atoms with E-state index in [1.807, 2.05) is 0 Å². The van der Waals surface area contributed by atoms with Gasteiger partial charge in [-0.15, -0.1) is 0 Å². The molecule has 0 aliphatic heterocycles. The fourth-order valence-electron chi connectivity index (χ4n) is 1.60. The summed E-state index contributed by atoms with van der Waals surface area (Å²) in [7, 11) is 0. The van der Waals surface area contributed by atoms with E-state index < -0.39 is 4.92 Å². The normalized spacial score (nSPS) is 10.1. The second kappa shape index (κ2) is 7.42. The number of unbranched alkanes of at least 4 members (excludes halogenated alkanes) is 3. The van der Waals surface area contributed by atoms with E-state index in [0.29, 0.717) is 12.1 Å². The number of hydrogen-bond donors (Lipinski definition) is 1. The molecule has 0 aliphatic carbocycles. The number of nitrogens with one attached hydrogen (secondary N) is 1. The van der Waals surface area contributed by atoms with E-state index in [4.69, 9.17) is 0 Å². The van der Waals surface area contributed by atoms with Gasteiger partial charge in [-0.25, -0.2) is 0 Å². The van der Waals surface area contributed by atoms with Crippen molar-refractivity contribution in [1.29, 1.82) is 0 Å². The number of carbonyl (C=O) groups excluding carboxylic acids is 1. The summed E-state index contributed by atoms with van der Waals surface area (Å²) in [6, 6.07) is 5.85. The highest BCUT2D eigenvalue weighted by atomic mass is 16.6. The van der Waals surface area contributed by atoms with Crippen LogP contribution >= 0.6 is 0 Å². The third-order valence-electron chi connectivity index (χ3n) is 2.62. The van der Waals surface area contributed by atoms with Crippen molar-refractivity contribution in [3.05, 3.63) is 34.4 Å². The minimum Gasteiger partial charge on any atom is -0.326 e. The zero-order chi connectivity index (χ0) is 13.4. The SMILES string of the molecule is CCCCCCC(=O)Nc1ccc([N+](=O)[O-])cc1. The molecule has 0 atom stereocenters. The molecular weight excluding hydrogens is 232 g/mol. The third kappa shape index (κ3) is 4.95. The van der Waals surface area contributed by atoms with E-state index in [0.717, 1.165) is 25.7 Å². The predicted molar refractivity (Wildman–Crippen MR) is 70.5 cm³/mol. The van der Waals surface area contributed by atoms with E-state index in [1.54, 1.807) is 12.1 Å². The van der Waals surface area contributed by atoms with Gasteiger partial charge in [0.25, 0.3) is 5.69 Å². The van der Waals surface area contributed by atoms with E-state index in [1.165, 1.54) is 12.1 Å². The molecule has 0 fully saturated rings. The smallest absolute Gasteiger partial charge is 0.269 e. The Morgan fingerprint density at radius 3 is 2.44 bits per heavy atom. The predicted octanol–water partition coefficient (Wildman–Crippen LogP) is 3.50. The molecule has 0 heterocycles. The number of hydrogen-bond acceptors (Lipinski definition) is 3. The molecule has 1 amide bonds. The van der Waals surface area contributed by atoms with Crippen molar-refractivity contribution in [3.63, 3.8) is 0 Å². The van der Waals surface area contributed by atoms with Gasteiger partial charge >= 0.3 is 0 Å². The van der Waals surface area contributed by atoms with Crippen LogP contribution in [0.5, 0.6) is 0 Å². The Morgan fingerprint density at radius 1 is 1.22 bits per heavy atom. The molecular formula is C13H18N2O3. The van der Waals surface area contributed by atoms with Crippen LogP contribution in [0.25, 0.3) is 0 Å². The van der Waals surface area contributed by atoms with Gasteiger partial charge in [-0.1, -0.05) is 26.2 Å². The van der Waals surface area contributed by atoms with E-state index in [2.05, 4.69) is 12.2 Å². The number of nitro groups is 1. The third-order valence-corrected chi connectivity index (χ3v) is 2.62. The fraction of sp³-hybridized carbons (Fsp3) is 0.462. The molecule has 1 N–H and O–H groups in total. The van der Waals surface area contributed by atoms with Crippen LogP contribution in [0.2, 0.25) is 0 Å². The van der Waals surface area contributed by atoms with Gasteiger partial charge in [-0.05, 0) is 18.6 Å². The van der Waals surface area contributed by atoms with Crippen LogP contribution in [0.1, 0.15) is 39.0 Å². The minimum absolute atomic E-state index is 0.0240. The van der Waals surface area contributed by atoms with Crippen LogP contribution in [-0.2, 0) is 4.79 Å². The summed E-state index contributed by atoms with van der Waals surface area (Å²) >= 11 is 0. The minimum atomic E-state index is -0.462. The number of amides is 1. The summed E-state index contributed by atoms with van der Waals surface area (Å²) in [5.74, 6) is -0.0417.